The van der Waals surface area contributed by atoms with Gasteiger partial charge in [-0.3, -0.25) is 9.59 Å². The van der Waals surface area contributed by atoms with E-state index in [4.69, 9.17) is 18.9 Å². The van der Waals surface area contributed by atoms with Crippen molar-refractivity contribution in [3.8, 4) is 0 Å². The summed E-state index contributed by atoms with van der Waals surface area (Å²) in [6, 6.07) is 0. The number of carbonyl (C=O) groups excluding carboxylic acids is 2. The normalized spacial score (nSPS) is 30.1. The van der Waals surface area contributed by atoms with E-state index in [0.29, 0.717) is 11.5 Å². The summed E-state index contributed by atoms with van der Waals surface area (Å²) in [5.74, 6) is 1.88. The van der Waals surface area contributed by atoms with Gasteiger partial charge in [0.25, 0.3) is 0 Å². The van der Waals surface area contributed by atoms with E-state index in [1.807, 2.05) is 13.8 Å². The summed E-state index contributed by atoms with van der Waals surface area (Å²) in [6.45, 7) is 4.55. The van der Waals surface area contributed by atoms with Gasteiger partial charge in [-0.05, 0) is 11.5 Å². The highest BCUT2D eigenvalue weighted by molar-refractivity contribution is 8.00. The molecule has 8 heteroatoms. The number of esters is 2. The minimum Gasteiger partial charge on any atom is -0.456 e. The first-order valence-electron chi connectivity index (χ1n) is 7.43. The van der Waals surface area contributed by atoms with Gasteiger partial charge >= 0.3 is 11.9 Å². The van der Waals surface area contributed by atoms with Gasteiger partial charge < -0.3 is 18.9 Å². The molecule has 2 rings (SSSR count). The van der Waals surface area contributed by atoms with Gasteiger partial charge in [0.1, 0.15) is 12.2 Å². The van der Waals surface area contributed by atoms with Gasteiger partial charge in [-0.15, -0.1) is 0 Å². The van der Waals surface area contributed by atoms with E-state index in [0.717, 1.165) is 11.5 Å². The number of thioether (sulfide) groups is 2. The highest BCUT2D eigenvalue weighted by Gasteiger charge is 2.51. The third-order valence-electron chi connectivity index (χ3n) is 3.38. The highest BCUT2D eigenvalue weighted by Crippen LogP contribution is 2.31. The van der Waals surface area contributed by atoms with E-state index in [-0.39, 0.29) is 37.4 Å². The lowest BCUT2D eigenvalue weighted by atomic mass is 10.1. The Morgan fingerprint density at radius 3 is 1.68 bits per heavy atom. The zero-order valence-electron chi connectivity index (χ0n) is 12.8. The molecule has 2 saturated heterocycles. The Hall–Kier alpha value is -0.440. The Morgan fingerprint density at radius 2 is 1.32 bits per heavy atom. The molecule has 4 atom stereocenters. The summed E-state index contributed by atoms with van der Waals surface area (Å²) in [5, 5.41) is 0. The van der Waals surface area contributed by atoms with Gasteiger partial charge in [-0.1, -0.05) is 13.8 Å². The monoisotopic (exact) mass is 350 g/mol. The quantitative estimate of drug-likeness (QED) is 0.603. The second kappa shape index (κ2) is 9.00. The summed E-state index contributed by atoms with van der Waals surface area (Å²) in [5.41, 5.74) is 0. The zero-order valence-corrected chi connectivity index (χ0v) is 14.5. The average Bonchev–Trinajstić information content (AvgIpc) is 3.07. The van der Waals surface area contributed by atoms with Crippen LogP contribution in [0.3, 0.4) is 0 Å². The van der Waals surface area contributed by atoms with Gasteiger partial charge in [0.2, 0.25) is 0 Å². The topological polar surface area (TPSA) is 71.1 Å². The Morgan fingerprint density at radius 1 is 0.909 bits per heavy atom. The number of hydrogen-bond acceptors (Lipinski definition) is 8. The van der Waals surface area contributed by atoms with Crippen LogP contribution in [0.25, 0.3) is 0 Å². The van der Waals surface area contributed by atoms with Crippen molar-refractivity contribution in [3.05, 3.63) is 0 Å². The molecule has 0 saturated carbocycles. The molecule has 0 aromatic carbocycles. The van der Waals surface area contributed by atoms with Crippen molar-refractivity contribution >= 4 is 35.5 Å². The molecular weight excluding hydrogens is 328 g/mol. The van der Waals surface area contributed by atoms with Crippen molar-refractivity contribution in [1.82, 2.24) is 0 Å². The van der Waals surface area contributed by atoms with Crippen molar-refractivity contribution in [2.75, 3.05) is 36.2 Å². The molecule has 0 unspecified atom stereocenters. The fourth-order valence-electron chi connectivity index (χ4n) is 2.41. The first-order valence-corrected chi connectivity index (χ1v) is 9.74. The first-order chi connectivity index (χ1) is 10.7. The van der Waals surface area contributed by atoms with Crippen molar-refractivity contribution in [3.63, 3.8) is 0 Å². The minimum atomic E-state index is -0.413. The minimum absolute atomic E-state index is 0.260. The van der Waals surface area contributed by atoms with Crippen LogP contribution in [0.1, 0.15) is 13.8 Å². The molecule has 6 nitrogen and oxygen atoms in total. The molecule has 2 aliphatic rings. The Bertz CT molecular complexity index is 356. The highest BCUT2D eigenvalue weighted by atomic mass is 32.2. The number of rotatable bonds is 8. The van der Waals surface area contributed by atoms with Crippen LogP contribution >= 0.6 is 23.5 Å². The largest absolute Gasteiger partial charge is 0.456 e. The molecular formula is C14H22O6S2. The maximum absolute atomic E-state index is 11.7. The summed E-state index contributed by atoms with van der Waals surface area (Å²) < 4.78 is 22.0. The van der Waals surface area contributed by atoms with Gasteiger partial charge in [0.15, 0.2) is 12.2 Å². The number of fused-ring (bicyclic) bond motifs is 1. The molecule has 2 heterocycles. The smallest absolute Gasteiger partial charge is 0.316 e. The molecule has 0 bridgehead atoms. The Labute approximate surface area is 138 Å². The summed E-state index contributed by atoms with van der Waals surface area (Å²) in [6.07, 6.45) is -1.51. The van der Waals surface area contributed by atoms with E-state index in [9.17, 15) is 9.59 Å². The van der Waals surface area contributed by atoms with Crippen LogP contribution in [0.15, 0.2) is 0 Å². The molecule has 0 aromatic rings. The zero-order chi connectivity index (χ0) is 15.9. The van der Waals surface area contributed by atoms with Crippen molar-refractivity contribution in [2.45, 2.75) is 38.3 Å². The number of hydrogen-bond donors (Lipinski definition) is 0. The standard InChI is InChI=1S/C14H22O6S2/c1-3-21-7-11(15)19-9-5-17-14-10(6-18-13(9)14)20-12(16)8-22-4-2/h9-10,13-14H,3-8H2,1-2H3/t9-,10-,13-,14-/m1/s1. The molecule has 0 aromatic heterocycles. The number of carbonyl (C=O) groups is 2. The van der Waals surface area contributed by atoms with Gasteiger partial charge in [-0.2, -0.15) is 23.5 Å². The molecule has 0 radical (unpaired) electrons. The lowest BCUT2D eigenvalue weighted by Crippen LogP contribution is -2.36. The lowest BCUT2D eigenvalue weighted by Gasteiger charge is -2.17. The van der Waals surface area contributed by atoms with Crippen LogP contribution in [0.2, 0.25) is 0 Å². The van der Waals surface area contributed by atoms with Crippen LogP contribution in [-0.2, 0) is 28.5 Å². The molecule has 2 aliphatic heterocycles. The van der Waals surface area contributed by atoms with Crippen LogP contribution in [0.4, 0.5) is 0 Å². The summed E-state index contributed by atoms with van der Waals surface area (Å²) in [4.78, 5) is 23.4. The van der Waals surface area contributed by atoms with E-state index in [1.165, 1.54) is 23.5 Å². The van der Waals surface area contributed by atoms with Crippen LogP contribution in [0, 0.1) is 0 Å². The van der Waals surface area contributed by atoms with Gasteiger partial charge in [0, 0.05) is 0 Å². The molecule has 22 heavy (non-hydrogen) atoms. The van der Waals surface area contributed by atoms with E-state index >= 15 is 0 Å². The second-order valence-corrected chi connectivity index (χ2v) is 7.48. The summed E-state index contributed by atoms with van der Waals surface area (Å²) in [7, 11) is 0. The SMILES string of the molecule is CCSCC(=O)O[C@@H]1CO[C@H]2[C@@H]1OC[C@H]2OC(=O)CSCC. The van der Waals surface area contributed by atoms with Crippen LogP contribution in [-0.4, -0.2) is 72.6 Å². The fraction of sp³-hybridized carbons (Fsp3) is 0.857. The van der Waals surface area contributed by atoms with Crippen molar-refractivity contribution in [1.29, 1.82) is 0 Å². The van der Waals surface area contributed by atoms with Crippen molar-refractivity contribution < 1.29 is 28.5 Å². The molecule has 126 valence electrons. The predicted molar refractivity (Wildman–Crippen MR) is 85.2 cm³/mol. The fourth-order valence-corrected chi connectivity index (χ4v) is 3.29. The van der Waals surface area contributed by atoms with Crippen LogP contribution in [0.5, 0.6) is 0 Å². The predicted octanol–water partition coefficient (Wildman–Crippen LogP) is 1.11. The first kappa shape index (κ1) is 17.9. The second-order valence-electron chi connectivity index (χ2n) is 4.93. The average molecular weight is 350 g/mol. The molecule has 0 N–H and O–H groups in total. The Kier molecular flexibility index (Phi) is 7.33. The lowest BCUT2D eigenvalue weighted by molar-refractivity contribution is -0.151. The molecule has 0 aliphatic carbocycles. The molecule has 0 amide bonds. The van der Waals surface area contributed by atoms with Crippen molar-refractivity contribution in [2.24, 2.45) is 0 Å². The van der Waals surface area contributed by atoms with E-state index < -0.39 is 12.2 Å². The van der Waals surface area contributed by atoms with Gasteiger partial charge in [-0.25, -0.2) is 0 Å². The van der Waals surface area contributed by atoms with Crippen LogP contribution < -0.4 is 0 Å². The van der Waals surface area contributed by atoms with Gasteiger partial charge in [0.05, 0.1) is 24.7 Å². The number of ether oxygens (including phenoxy) is 4. The Balaban J connectivity index is 1.78. The van der Waals surface area contributed by atoms with E-state index in [2.05, 4.69) is 0 Å². The molecule has 0 spiro atoms. The van der Waals surface area contributed by atoms with E-state index in [1.54, 1.807) is 0 Å². The maximum atomic E-state index is 11.7. The summed E-state index contributed by atoms with van der Waals surface area (Å²) >= 11 is 3.03. The maximum Gasteiger partial charge on any atom is 0.316 e. The third-order valence-corrected chi connectivity index (χ3v) is 5.07. The molecule has 2 fully saturated rings. The third kappa shape index (κ3) is 4.78.